The molecule has 0 aromatic carbocycles. The van der Waals surface area contributed by atoms with Gasteiger partial charge in [0.25, 0.3) is 5.91 Å². The van der Waals surface area contributed by atoms with E-state index in [0.717, 1.165) is 5.69 Å². The minimum atomic E-state index is -0.921. The highest BCUT2D eigenvalue weighted by molar-refractivity contribution is 5.94. The Balaban J connectivity index is 2.24. The second-order valence-corrected chi connectivity index (χ2v) is 7.05. The maximum Gasteiger partial charge on any atom is 0.311 e. The van der Waals surface area contributed by atoms with Crippen molar-refractivity contribution in [3.8, 4) is 0 Å². The molecule has 6 nitrogen and oxygen atoms in total. The summed E-state index contributed by atoms with van der Waals surface area (Å²) in [6.07, 6.45) is 1.89. The molecule has 1 aliphatic heterocycles. The van der Waals surface area contributed by atoms with Gasteiger partial charge >= 0.3 is 5.97 Å². The number of pyridine rings is 1. The van der Waals surface area contributed by atoms with Gasteiger partial charge in [0.1, 0.15) is 0 Å². The Morgan fingerprint density at radius 2 is 2.09 bits per heavy atom. The molecule has 1 amide bonds. The molecule has 1 aliphatic rings. The third-order valence-electron chi connectivity index (χ3n) is 4.28. The van der Waals surface area contributed by atoms with Crippen molar-refractivity contribution < 1.29 is 14.7 Å². The van der Waals surface area contributed by atoms with E-state index in [1.807, 2.05) is 13.8 Å². The van der Waals surface area contributed by atoms with Gasteiger partial charge in [0.15, 0.2) is 0 Å². The first-order valence-electron chi connectivity index (χ1n) is 7.97. The number of carbonyl (C=O) groups excluding carboxylic acids is 1. The highest BCUT2D eigenvalue weighted by Gasteiger charge is 2.39. The summed E-state index contributed by atoms with van der Waals surface area (Å²) in [5.74, 6) is -0.795. The number of rotatable bonds is 4. The van der Waals surface area contributed by atoms with Crippen LogP contribution in [0.3, 0.4) is 0 Å². The van der Waals surface area contributed by atoms with Crippen LogP contribution in [0.2, 0.25) is 0 Å². The molecular formula is C17H24N2O4. The fourth-order valence-corrected chi connectivity index (χ4v) is 3.04. The maximum absolute atomic E-state index is 12.7. The summed E-state index contributed by atoms with van der Waals surface area (Å²) in [6, 6.07) is 3.00. The van der Waals surface area contributed by atoms with E-state index in [2.05, 4.69) is 4.98 Å². The second kappa shape index (κ2) is 6.56. The normalized spacial score (nSPS) is 21.5. The zero-order chi connectivity index (χ0) is 17.2. The van der Waals surface area contributed by atoms with Crippen molar-refractivity contribution in [3.05, 3.63) is 33.7 Å². The largest absolute Gasteiger partial charge is 0.481 e. The van der Waals surface area contributed by atoms with Gasteiger partial charge in [-0.15, -0.1) is 0 Å². The van der Waals surface area contributed by atoms with Gasteiger partial charge in [-0.1, -0.05) is 13.8 Å². The lowest BCUT2D eigenvalue weighted by atomic mass is 9.82. The third-order valence-corrected chi connectivity index (χ3v) is 4.28. The lowest BCUT2D eigenvalue weighted by molar-refractivity contribution is -0.150. The average Bonchev–Trinajstić information content (AvgIpc) is 2.45. The molecule has 0 bridgehead atoms. The van der Waals surface area contributed by atoms with E-state index >= 15 is 0 Å². The van der Waals surface area contributed by atoms with Crippen molar-refractivity contribution >= 4 is 11.9 Å². The molecule has 126 valence electrons. The molecular weight excluding hydrogens is 296 g/mol. The number of hydrogen-bond donors (Lipinski definition) is 2. The summed E-state index contributed by atoms with van der Waals surface area (Å²) in [6.45, 7) is 6.43. The van der Waals surface area contributed by atoms with Crippen LogP contribution in [0.25, 0.3) is 0 Å². The number of carboxylic acid groups (broad SMARTS) is 1. The van der Waals surface area contributed by atoms with Crippen molar-refractivity contribution in [1.82, 2.24) is 9.88 Å². The van der Waals surface area contributed by atoms with Crippen molar-refractivity contribution in [2.75, 3.05) is 13.1 Å². The van der Waals surface area contributed by atoms with Gasteiger partial charge in [0, 0.05) is 30.4 Å². The predicted molar refractivity (Wildman–Crippen MR) is 86.5 cm³/mol. The van der Waals surface area contributed by atoms with Gasteiger partial charge in [0.05, 0.1) is 5.41 Å². The van der Waals surface area contributed by atoms with Crippen LogP contribution >= 0.6 is 0 Å². The quantitative estimate of drug-likeness (QED) is 0.886. The lowest BCUT2D eigenvalue weighted by Gasteiger charge is -2.37. The number of carboxylic acids is 1. The summed E-state index contributed by atoms with van der Waals surface area (Å²) in [5, 5.41) is 9.36. The van der Waals surface area contributed by atoms with Crippen LogP contribution in [0.15, 0.2) is 16.9 Å². The molecule has 1 aromatic heterocycles. The van der Waals surface area contributed by atoms with Crippen LogP contribution in [0, 0.1) is 11.3 Å². The molecule has 0 spiro atoms. The number of aromatic nitrogens is 1. The third kappa shape index (κ3) is 4.00. The van der Waals surface area contributed by atoms with Gasteiger partial charge in [-0.3, -0.25) is 14.4 Å². The van der Waals surface area contributed by atoms with Gasteiger partial charge in [-0.25, -0.2) is 0 Å². The molecule has 23 heavy (non-hydrogen) atoms. The van der Waals surface area contributed by atoms with Gasteiger partial charge in [0.2, 0.25) is 5.56 Å². The van der Waals surface area contributed by atoms with Crippen LogP contribution in [-0.2, 0) is 11.2 Å². The number of carbonyl (C=O) groups is 2. The molecule has 6 heteroatoms. The molecule has 0 aliphatic carbocycles. The Morgan fingerprint density at radius 1 is 1.39 bits per heavy atom. The summed E-state index contributed by atoms with van der Waals surface area (Å²) < 4.78 is 0. The van der Waals surface area contributed by atoms with E-state index in [4.69, 9.17) is 0 Å². The molecule has 2 heterocycles. The topological polar surface area (TPSA) is 90.5 Å². The predicted octanol–water partition coefficient (Wildman–Crippen LogP) is 1.90. The van der Waals surface area contributed by atoms with Crippen LogP contribution in [0.1, 0.15) is 49.7 Å². The van der Waals surface area contributed by atoms with E-state index in [1.165, 1.54) is 6.07 Å². The van der Waals surface area contributed by atoms with Crippen molar-refractivity contribution in [2.24, 2.45) is 11.3 Å². The van der Waals surface area contributed by atoms with E-state index in [-0.39, 0.29) is 18.0 Å². The van der Waals surface area contributed by atoms with Crippen LogP contribution in [0.4, 0.5) is 0 Å². The molecule has 2 N–H and O–H groups in total. The number of nitrogens with zero attached hydrogens (tertiary/aromatic N) is 1. The zero-order valence-electron chi connectivity index (χ0n) is 13.9. The van der Waals surface area contributed by atoms with Crippen molar-refractivity contribution in [1.29, 1.82) is 0 Å². The minimum Gasteiger partial charge on any atom is -0.481 e. The molecule has 2 rings (SSSR count). The number of H-pyrrole nitrogens is 1. The SMILES string of the molecule is CC(C)Cc1cc(C(=O)N2CCCC(C)(C(=O)O)C2)cc(=O)[nH]1. The Labute approximate surface area is 135 Å². The monoisotopic (exact) mass is 320 g/mol. The summed E-state index contributed by atoms with van der Waals surface area (Å²) in [4.78, 5) is 40.2. The number of nitrogens with one attached hydrogen (secondary N) is 1. The number of likely N-dealkylation sites (tertiary alicyclic amines) is 1. The van der Waals surface area contributed by atoms with E-state index in [9.17, 15) is 19.5 Å². The summed E-state index contributed by atoms with van der Waals surface area (Å²) >= 11 is 0. The Morgan fingerprint density at radius 3 is 2.70 bits per heavy atom. The fourth-order valence-electron chi connectivity index (χ4n) is 3.04. The maximum atomic E-state index is 12.7. The molecule has 1 saturated heterocycles. The van der Waals surface area contributed by atoms with Gasteiger partial charge in [-0.2, -0.15) is 0 Å². The Kier molecular flexibility index (Phi) is 4.92. The van der Waals surface area contributed by atoms with E-state index in [1.54, 1.807) is 17.9 Å². The standard InChI is InChI=1S/C17H24N2O4/c1-11(2)7-13-8-12(9-14(20)18-13)15(21)19-6-4-5-17(3,10-19)16(22)23/h8-9,11H,4-7,10H2,1-3H3,(H,18,20)(H,22,23). The first-order chi connectivity index (χ1) is 10.7. The number of piperidine rings is 1. The molecule has 0 saturated carbocycles. The molecule has 1 aromatic rings. The summed E-state index contributed by atoms with van der Waals surface area (Å²) in [5.41, 5.74) is -0.159. The number of aromatic amines is 1. The lowest BCUT2D eigenvalue weighted by Crippen LogP contribution is -2.48. The van der Waals surface area contributed by atoms with Crippen LogP contribution in [0.5, 0.6) is 0 Å². The van der Waals surface area contributed by atoms with Crippen LogP contribution in [-0.4, -0.2) is 40.0 Å². The smallest absolute Gasteiger partial charge is 0.311 e. The highest BCUT2D eigenvalue weighted by Crippen LogP contribution is 2.30. The number of aliphatic carboxylic acids is 1. The minimum absolute atomic E-state index is 0.174. The molecule has 1 fully saturated rings. The highest BCUT2D eigenvalue weighted by atomic mass is 16.4. The molecule has 1 unspecified atom stereocenters. The Bertz CT molecular complexity index is 665. The van der Waals surface area contributed by atoms with E-state index in [0.29, 0.717) is 37.3 Å². The first-order valence-corrected chi connectivity index (χ1v) is 7.97. The zero-order valence-corrected chi connectivity index (χ0v) is 13.9. The van der Waals surface area contributed by atoms with Gasteiger partial charge < -0.3 is 15.0 Å². The van der Waals surface area contributed by atoms with E-state index < -0.39 is 11.4 Å². The van der Waals surface area contributed by atoms with Crippen molar-refractivity contribution in [3.63, 3.8) is 0 Å². The fraction of sp³-hybridized carbons (Fsp3) is 0.588. The summed E-state index contributed by atoms with van der Waals surface area (Å²) in [7, 11) is 0. The first kappa shape index (κ1) is 17.2. The molecule has 0 radical (unpaired) electrons. The number of amides is 1. The second-order valence-electron chi connectivity index (χ2n) is 7.05. The average molecular weight is 320 g/mol. The number of hydrogen-bond acceptors (Lipinski definition) is 3. The van der Waals surface area contributed by atoms with Gasteiger partial charge in [-0.05, 0) is 38.2 Å². The Hall–Kier alpha value is -2.11. The van der Waals surface area contributed by atoms with Crippen LogP contribution < -0.4 is 5.56 Å². The van der Waals surface area contributed by atoms with Crippen molar-refractivity contribution in [2.45, 2.75) is 40.0 Å². The molecule has 1 atom stereocenters.